The highest BCUT2D eigenvalue weighted by atomic mass is 79.9. The lowest BCUT2D eigenvalue weighted by Gasteiger charge is -2.09. The van der Waals surface area contributed by atoms with Crippen LogP contribution in [0.3, 0.4) is 0 Å². The van der Waals surface area contributed by atoms with Crippen molar-refractivity contribution >= 4 is 33.2 Å². The summed E-state index contributed by atoms with van der Waals surface area (Å²) in [4.78, 5) is 0. The summed E-state index contributed by atoms with van der Waals surface area (Å²) >= 11 is 9.43. The lowest BCUT2D eigenvalue weighted by atomic mass is 10.2. The Morgan fingerprint density at radius 1 is 1.30 bits per heavy atom. The van der Waals surface area contributed by atoms with Crippen LogP contribution in [0.1, 0.15) is 5.76 Å². The molecule has 0 spiro atoms. The Hall–Kier alpha value is -1.86. The molecule has 0 bridgehead atoms. The molecule has 3 rings (SSSR count). The largest absolute Gasteiger partial charge is 0.452 e. The third-order valence-electron chi connectivity index (χ3n) is 2.65. The first-order chi connectivity index (χ1) is 9.72. The van der Waals surface area contributed by atoms with Crippen LogP contribution in [0, 0.1) is 0 Å². The van der Waals surface area contributed by atoms with Crippen molar-refractivity contribution in [3.63, 3.8) is 0 Å². The fourth-order valence-electron chi connectivity index (χ4n) is 1.70. The lowest BCUT2D eigenvalue weighted by molar-refractivity contribution is 0.495. The predicted molar refractivity (Wildman–Crippen MR) is 77.9 cm³/mol. The average molecular weight is 355 g/mol. The van der Waals surface area contributed by atoms with Crippen molar-refractivity contribution in [1.29, 1.82) is 0 Å². The summed E-state index contributed by atoms with van der Waals surface area (Å²) in [7, 11) is 0. The van der Waals surface area contributed by atoms with Gasteiger partial charge in [0.2, 0.25) is 0 Å². The zero-order chi connectivity index (χ0) is 13.9. The molecular weight excluding hydrogens is 346 g/mol. The fraction of sp³-hybridized carbons (Fsp3) is 0.0833. The van der Waals surface area contributed by atoms with Crippen LogP contribution in [0.2, 0.25) is 5.02 Å². The third-order valence-corrected chi connectivity index (χ3v) is 3.40. The summed E-state index contributed by atoms with van der Waals surface area (Å²) in [6.45, 7) is 0.532. The van der Waals surface area contributed by atoms with E-state index in [1.807, 2.05) is 24.3 Å². The maximum absolute atomic E-state index is 6.17. The number of nitrogens with zero attached hydrogens (tertiary/aromatic N) is 4. The molecule has 0 atom stereocenters. The Balaban J connectivity index is 1.80. The van der Waals surface area contributed by atoms with Gasteiger partial charge in [-0.2, -0.15) is 0 Å². The van der Waals surface area contributed by atoms with Crippen molar-refractivity contribution < 1.29 is 4.42 Å². The molecule has 0 aliphatic carbocycles. The topological polar surface area (TPSA) is 68.8 Å². The van der Waals surface area contributed by atoms with E-state index in [2.05, 4.69) is 36.8 Å². The molecule has 0 aliphatic heterocycles. The van der Waals surface area contributed by atoms with Gasteiger partial charge < -0.3 is 9.73 Å². The van der Waals surface area contributed by atoms with Crippen LogP contribution < -0.4 is 5.32 Å². The molecule has 0 saturated carbocycles. The van der Waals surface area contributed by atoms with Crippen molar-refractivity contribution in [3.8, 4) is 5.69 Å². The van der Waals surface area contributed by atoms with Gasteiger partial charge in [-0.3, -0.25) is 0 Å². The van der Waals surface area contributed by atoms with Gasteiger partial charge in [0, 0.05) is 0 Å². The molecule has 2 heterocycles. The monoisotopic (exact) mass is 353 g/mol. The minimum Gasteiger partial charge on any atom is -0.452 e. The number of tetrazole rings is 1. The SMILES string of the molecule is Clc1ccc(-n2cnnn2)cc1NCc1ccc(Br)o1. The van der Waals surface area contributed by atoms with Crippen molar-refractivity contribution in [2.24, 2.45) is 0 Å². The second kappa shape index (κ2) is 5.64. The van der Waals surface area contributed by atoms with Crippen LogP contribution in [0.4, 0.5) is 5.69 Å². The minimum atomic E-state index is 0.532. The van der Waals surface area contributed by atoms with Gasteiger partial charge in [0.1, 0.15) is 12.1 Å². The third kappa shape index (κ3) is 2.83. The fourth-order valence-corrected chi connectivity index (χ4v) is 2.22. The summed E-state index contributed by atoms with van der Waals surface area (Å²) in [5.41, 5.74) is 1.61. The first kappa shape index (κ1) is 13.1. The summed E-state index contributed by atoms with van der Waals surface area (Å²) in [6, 6.07) is 9.23. The number of hydrogen-bond donors (Lipinski definition) is 1. The van der Waals surface area contributed by atoms with Crippen LogP contribution in [-0.2, 0) is 6.54 Å². The highest BCUT2D eigenvalue weighted by Crippen LogP contribution is 2.25. The van der Waals surface area contributed by atoms with Gasteiger partial charge >= 0.3 is 0 Å². The Morgan fingerprint density at radius 3 is 2.90 bits per heavy atom. The molecule has 6 nitrogen and oxygen atoms in total. The van der Waals surface area contributed by atoms with Crippen LogP contribution in [0.5, 0.6) is 0 Å². The number of benzene rings is 1. The standard InChI is InChI=1S/C12H9BrClN5O/c13-12-4-2-9(20-12)6-15-11-5-8(1-3-10(11)14)19-7-16-17-18-19/h1-5,7,15H,6H2. The molecule has 0 saturated heterocycles. The van der Waals surface area contributed by atoms with E-state index in [0.29, 0.717) is 16.2 Å². The zero-order valence-electron chi connectivity index (χ0n) is 10.1. The molecular formula is C12H9BrClN5O. The number of furan rings is 1. The Kier molecular flexibility index (Phi) is 3.70. The van der Waals surface area contributed by atoms with Gasteiger partial charge in [-0.15, -0.1) is 5.10 Å². The van der Waals surface area contributed by atoms with E-state index in [9.17, 15) is 0 Å². The molecule has 1 aromatic carbocycles. The van der Waals surface area contributed by atoms with E-state index in [1.165, 1.54) is 6.33 Å². The Labute approximate surface area is 127 Å². The van der Waals surface area contributed by atoms with Gasteiger partial charge in [-0.25, -0.2) is 4.68 Å². The van der Waals surface area contributed by atoms with Crippen LogP contribution in [0.15, 0.2) is 45.7 Å². The van der Waals surface area contributed by atoms with Gasteiger partial charge in [-0.05, 0) is 56.7 Å². The second-order valence-electron chi connectivity index (χ2n) is 3.98. The maximum Gasteiger partial charge on any atom is 0.169 e. The first-order valence-electron chi connectivity index (χ1n) is 5.73. The molecule has 20 heavy (non-hydrogen) atoms. The molecule has 0 radical (unpaired) electrons. The number of rotatable bonds is 4. The van der Waals surface area contributed by atoms with Crippen LogP contribution in [-0.4, -0.2) is 20.2 Å². The highest BCUT2D eigenvalue weighted by Gasteiger charge is 2.06. The molecule has 0 aliphatic rings. The summed E-state index contributed by atoms with van der Waals surface area (Å²) < 4.78 is 7.68. The van der Waals surface area contributed by atoms with Gasteiger partial charge in [0.15, 0.2) is 4.67 Å². The molecule has 0 amide bonds. The Morgan fingerprint density at radius 2 is 2.20 bits per heavy atom. The van der Waals surface area contributed by atoms with E-state index < -0.39 is 0 Å². The summed E-state index contributed by atoms with van der Waals surface area (Å²) in [6.07, 6.45) is 1.52. The zero-order valence-corrected chi connectivity index (χ0v) is 12.5. The number of halogens is 2. The number of aromatic nitrogens is 4. The molecule has 2 aromatic heterocycles. The highest BCUT2D eigenvalue weighted by molar-refractivity contribution is 9.10. The van der Waals surface area contributed by atoms with Crippen molar-refractivity contribution in [2.75, 3.05) is 5.32 Å². The summed E-state index contributed by atoms with van der Waals surface area (Å²) in [5, 5.41) is 14.9. The number of anilines is 1. The van der Waals surface area contributed by atoms with Crippen LogP contribution in [0.25, 0.3) is 5.69 Å². The molecule has 102 valence electrons. The van der Waals surface area contributed by atoms with Crippen molar-refractivity contribution in [3.05, 3.63) is 52.1 Å². The minimum absolute atomic E-state index is 0.532. The van der Waals surface area contributed by atoms with E-state index in [1.54, 1.807) is 10.7 Å². The summed E-state index contributed by atoms with van der Waals surface area (Å²) in [5.74, 6) is 0.806. The maximum atomic E-state index is 6.17. The quantitative estimate of drug-likeness (QED) is 0.778. The van der Waals surface area contributed by atoms with Crippen molar-refractivity contribution in [1.82, 2.24) is 20.2 Å². The molecule has 3 aromatic rings. The Bertz CT molecular complexity index is 712. The van der Waals surface area contributed by atoms with Gasteiger partial charge in [0.25, 0.3) is 0 Å². The lowest BCUT2D eigenvalue weighted by Crippen LogP contribution is -2.01. The van der Waals surface area contributed by atoms with E-state index in [-0.39, 0.29) is 0 Å². The van der Waals surface area contributed by atoms with E-state index in [0.717, 1.165) is 17.1 Å². The average Bonchev–Trinajstić information content (AvgIpc) is 3.09. The number of hydrogen-bond acceptors (Lipinski definition) is 5. The van der Waals surface area contributed by atoms with Gasteiger partial charge in [0.05, 0.1) is 22.9 Å². The van der Waals surface area contributed by atoms with E-state index >= 15 is 0 Å². The van der Waals surface area contributed by atoms with Crippen molar-refractivity contribution in [2.45, 2.75) is 6.54 Å². The number of nitrogens with one attached hydrogen (secondary N) is 1. The molecule has 0 fully saturated rings. The molecule has 1 N–H and O–H groups in total. The van der Waals surface area contributed by atoms with Crippen LogP contribution >= 0.6 is 27.5 Å². The second-order valence-corrected chi connectivity index (χ2v) is 5.17. The normalized spacial score (nSPS) is 10.7. The smallest absolute Gasteiger partial charge is 0.169 e. The predicted octanol–water partition coefficient (Wildman–Crippen LogP) is 3.28. The molecule has 0 unspecified atom stereocenters. The molecule has 8 heteroatoms. The van der Waals surface area contributed by atoms with Gasteiger partial charge in [-0.1, -0.05) is 11.6 Å². The first-order valence-corrected chi connectivity index (χ1v) is 6.90. The van der Waals surface area contributed by atoms with E-state index in [4.69, 9.17) is 16.0 Å².